The summed E-state index contributed by atoms with van der Waals surface area (Å²) in [5, 5.41) is 12.6. The van der Waals surface area contributed by atoms with Gasteiger partial charge in [-0.15, -0.1) is 0 Å². The van der Waals surface area contributed by atoms with Crippen LogP contribution in [0.3, 0.4) is 0 Å². The molecule has 1 aromatic heterocycles. The third kappa shape index (κ3) is 3.28. The van der Waals surface area contributed by atoms with E-state index in [2.05, 4.69) is 26.2 Å². The lowest BCUT2D eigenvalue weighted by molar-refractivity contribution is 0.276. The molecule has 4 heteroatoms. The summed E-state index contributed by atoms with van der Waals surface area (Å²) in [4.78, 5) is 4.22. The minimum Gasteiger partial charge on any atom is -0.394 e. The molecule has 0 spiro atoms. The molecule has 1 heterocycles. The van der Waals surface area contributed by atoms with Gasteiger partial charge in [-0.25, -0.2) is 4.98 Å². The van der Waals surface area contributed by atoms with Crippen LogP contribution < -0.4 is 5.32 Å². The van der Waals surface area contributed by atoms with Crippen molar-refractivity contribution in [3.05, 3.63) is 58.7 Å². The van der Waals surface area contributed by atoms with Crippen LogP contribution in [0.1, 0.15) is 11.6 Å². The summed E-state index contributed by atoms with van der Waals surface area (Å²) >= 11 is 3.33. The van der Waals surface area contributed by atoms with Gasteiger partial charge in [0.05, 0.1) is 12.6 Å². The lowest BCUT2D eigenvalue weighted by Gasteiger charge is -2.17. The Morgan fingerprint density at radius 3 is 2.53 bits per heavy atom. The van der Waals surface area contributed by atoms with E-state index in [1.165, 1.54) is 0 Å². The topological polar surface area (TPSA) is 45.1 Å². The van der Waals surface area contributed by atoms with Crippen molar-refractivity contribution in [2.24, 2.45) is 0 Å². The number of pyridine rings is 1. The van der Waals surface area contributed by atoms with E-state index in [1.807, 2.05) is 42.5 Å². The zero-order chi connectivity index (χ0) is 12.1. The molecular formula is C13H13BrN2O. The molecule has 0 aliphatic heterocycles. The van der Waals surface area contributed by atoms with Crippen molar-refractivity contribution in [2.75, 3.05) is 11.9 Å². The lowest BCUT2D eigenvalue weighted by atomic mass is 10.1. The molecule has 2 rings (SSSR count). The van der Waals surface area contributed by atoms with E-state index in [-0.39, 0.29) is 12.6 Å². The van der Waals surface area contributed by atoms with E-state index in [0.29, 0.717) is 0 Å². The maximum absolute atomic E-state index is 9.40. The van der Waals surface area contributed by atoms with Crippen molar-refractivity contribution in [2.45, 2.75) is 6.04 Å². The summed E-state index contributed by atoms with van der Waals surface area (Å²) in [6.45, 7) is 0.0295. The van der Waals surface area contributed by atoms with Gasteiger partial charge in [0.2, 0.25) is 0 Å². The zero-order valence-corrected chi connectivity index (χ0v) is 10.8. The molecule has 0 fully saturated rings. The number of aliphatic hydroxyl groups is 1. The van der Waals surface area contributed by atoms with E-state index >= 15 is 0 Å². The third-order valence-electron chi connectivity index (χ3n) is 2.43. The quantitative estimate of drug-likeness (QED) is 0.911. The van der Waals surface area contributed by atoms with Gasteiger partial charge < -0.3 is 10.4 Å². The summed E-state index contributed by atoms with van der Waals surface area (Å²) in [7, 11) is 0. The monoisotopic (exact) mass is 292 g/mol. The normalized spacial score (nSPS) is 12.1. The third-order valence-corrected chi connectivity index (χ3v) is 2.90. The molecule has 0 aliphatic carbocycles. The molecule has 1 aromatic carbocycles. The smallest absolute Gasteiger partial charge is 0.126 e. The van der Waals surface area contributed by atoms with Crippen LogP contribution in [-0.4, -0.2) is 16.7 Å². The average Bonchev–Trinajstić information content (AvgIpc) is 2.39. The van der Waals surface area contributed by atoms with Crippen LogP contribution in [0, 0.1) is 0 Å². The van der Waals surface area contributed by atoms with E-state index in [1.54, 1.807) is 6.20 Å². The van der Waals surface area contributed by atoms with Crippen molar-refractivity contribution < 1.29 is 5.11 Å². The maximum Gasteiger partial charge on any atom is 0.126 e. The largest absolute Gasteiger partial charge is 0.394 e. The highest BCUT2D eigenvalue weighted by atomic mass is 79.9. The van der Waals surface area contributed by atoms with Crippen molar-refractivity contribution in [3.63, 3.8) is 0 Å². The predicted octanol–water partition coefficient (Wildman–Crippen LogP) is 2.99. The second kappa shape index (κ2) is 5.80. The number of aromatic nitrogens is 1. The van der Waals surface area contributed by atoms with E-state index in [4.69, 9.17) is 0 Å². The molecule has 17 heavy (non-hydrogen) atoms. The van der Waals surface area contributed by atoms with Crippen molar-refractivity contribution in [1.82, 2.24) is 4.98 Å². The molecule has 0 aliphatic rings. The van der Waals surface area contributed by atoms with Gasteiger partial charge in [-0.2, -0.15) is 0 Å². The number of anilines is 1. The van der Waals surface area contributed by atoms with Crippen LogP contribution in [0.2, 0.25) is 0 Å². The molecule has 3 nitrogen and oxygen atoms in total. The number of nitrogens with one attached hydrogen (secondary N) is 1. The Morgan fingerprint density at radius 2 is 1.94 bits per heavy atom. The first kappa shape index (κ1) is 12.1. The van der Waals surface area contributed by atoms with Gasteiger partial charge in [-0.1, -0.05) is 30.3 Å². The molecule has 0 amide bonds. The number of rotatable bonds is 4. The van der Waals surface area contributed by atoms with Crippen LogP contribution in [0.15, 0.2) is 53.1 Å². The minimum atomic E-state index is -0.134. The molecule has 1 unspecified atom stereocenters. The minimum absolute atomic E-state index is 0.0295. The van der Waals surface area contributed by atoms with Crippen LogP contribution in [0.5, 0.6) is 0 Å². The first-order valence-electron chi connectivity index (χ1n) is 5.33. The Kier molecular flexibility index (Phi) is 4.12. The summed E-state index contributed by atoms with van der Waals surface area (Å²) in [6, 6.07) is 13.5. The summed E-state index contributed by atoms with van der Waals surface area (Å²) in [5.41, 5.74) is 1.04. The van der Waals surface area contributed by atoms with Gasteiger partial charge in [-0.05, 0) is 33.6 Å². The summed E-state index contributed by atoms with van der Waals surface area (Å²) < 4.78 is 0.934. The number of aliphatic hydroxyl groups excluding tert-OH is 1. The second-order valence-corrected chi connectivity index (χ2v) is 4.57. The Labute approximate surface area is 109 Å². The zero-order valence-electron chi connectivity index (χ0n) is 9.18. The predicted molar refractivity (Wildman–Crippen MR) is 71.8 cm³/mol. The molecule has 0 saturated heterocycles. The standard InChI is InChI=1S/C13H13BrN2O/c14-11-6-7-13(15-8-11)16-12(9-17)10-4-2-1-3-5-10/h1-8,12,17H,9H2,(H,15,16). The van der Waals surface area contributed by atoms with Crippen LogP contribution in [0.25, 0.3) is 0 Å². The Hall–Kier alpha value is -1.39. The summed E-state index contributed by atoms with van der Waals surface area (Å²) in [5.74, 6) is 0.746. The molecule has 2 aromatic rings. The first-order valence-corrected chi connectivity index (χ1v) is 6.13. The second-order valence-electron chi connectivity index (χ2n) is 3.65. The first-order chi connectivity index (χ1) is 8.29. The molecule has 2 N–H and O–H groups in total. The van der Waals surface area contributed by atoms with E-state index in [0.717, 1.165) is 15.9 Å². The highest BCUT2D eigenvalue weighted by Crippen LogP contribution is 2.18. The molecule has 88 valence electrons. The number of hydrogen-bond donors (Lipinski definition) is 2. The van der Waals surface area contributed by atoms with Gasteiger partial charge >= 0.3 is 0 Å². The van der Waals surface area contributed by atoms with Crippen LogP contribution in [0.4, 0.5) is 5.82 Å². The number of nitrogens with zero attached hydrogens (tertiary/aromatic N) is 1. The maximum atomic E-state index is 9.40. The number of halogens is 1. The van der Waals surface area contributed by atoms with Gasteiger partial charge in [-0.3, -0.25) is 0 Å². The van der Waals surface area contributed by atoms with Crippen LogP contribution >= 0.6 is 15.9 Å². The highest BCUT2D eigenvalue weighted by molar-refractivity contribution is 9.10. The molecule has 1 atom stereocenters. The van der Waals surface area contributed by atoms with E-state index in [9.17, 15) is 5.11 Å². The molecular weight excluding hydrogens is 280 g/mol. The van der Waals surface area contributed by atoms with Gasteiger partial charge in [0.15, 0.2) is 0 Å². The van der Waals surface area contributed by atoms with Crippen molar-refractivity contribution in [1.29, 1.82) is 0 Å². The molecule has 0 bridgehead atoms. The Bertz CT molecular complexity index is 459. The summed E-state index contributed by atoms with van der Waals surface area (Å²) in [6.07, 6.45) is 1.72. The van der Waals surface area contributed by atoms with Crippen LogP contribution in [-0.2, 0) is 0 Å². The fourth-order valence-electron chi connectivity index (χ4n) is 1.56. The van der Waals surface area contributed by atoms with Gasteiger partial charge in [0, 0.05) is 10.7 Å². The van der Waals surface area contributed by atoms with E-state index < -0.39 is 0 Å². The van der Waals surface area contributed by atoms with Gasteiger partial charge in [0.25, 0.3) is 0 Å². The molecule has 0 saturated carbocycles. The Morgan fingerprint density at radius 1 is 1.18 bits per heavy atom. The van der Waals surface area contributed by atoms with Crippen molar-refractivity contribution in [3.8, 4) is 0 Å². The van der Waals surface area contributed by atoms with Gasteiger partial charge in [0.1, 0.15) is 5.82 Å². The highest BCUT2D eigenvalue weighted by Gasteiger charge is 2.09. The average molecular weight is 293 g/mol. The SMILES string of the molecule is OCC(Nc1ccc(Br)cn1)c1ccccc1. The lowest BCUT2D eigenvalue weighted by Crippen LogP contribution is -2.15. The fourth-order valence-corrected chi connectivity index (χ4v) is 1.79. The molecule has 0 radical (unpaired) electrons. The number of benzene rings is 1. The fraction of sp³-hybridized carbons (Fsp3) is 0.154. The number of hydrogen-bond acceptors (Lipinski definition) is 3. The Balaban J connectivity index is 2.13. The van der Waals surface area contributed by atoms with Crippen molar-refractivity contribution >= 4 is 21.7 Å².